The van der Waals surface area contributed by atoms with E-state index in [1.165, 1.54) is 6.07 Å². The van der Waals surface area contributed by atoms with Crippen molar-refractivity contribution in [3.8, 4) is 0 Å². The van der Waals surface area contributed by atoms with Crippen molar-refractivity contribution in [3.05, 3.63) is 53.2 Å². The molecular formula is C23H29FN2O4. The summed E-state index contributed by atoms with van der Waals surface area (Å²) in [5.74, 6) is 0.00279. The number of aromatic nitrogens is 1. The molecule has 1 amide bonds. The molecule has 1 unspecified atom stereocenters. The minimum atomic E-state index is -0.989. The fraction of sp³-hybridized carbons (Fsp3) is 0.522. The molecule has 1 aliphatic heterocycles. The highest BCUT2D eigenvalue weighted by Gasteiger charge is 2.45. The predicted octanol–water partition coefficient (Wildman–Crippen LogP) is 4.04. The van der Waals surface area contributed by atoms with E-state index in [2.05, 4.69) is 19.0 Å². The van der Waals surface area contributed by atoms with E-state index in [1.54, 1.807) is 36.1 Å². The van der Waals surface area contributed by atoms with E-state index in [9.17, 15) is 14.0 Å². The Labute approximate surface area is 176 Å². The van der Waals surface area contributed by atoms with E-state index >= 15 is 0 Å². The van der Waals surface area contributed by atoms with Gasteiger partial charge in [0.1, 0.15) is 11.6 Å². The molecule has 162 valence electrons. The van der Waals surface area contributed by atoms with E-state index < -0.39 is 11.4 Å². The largest absolute Gasteiger partial charge is 0.466 e. The van der Waals surface area contributed by atoms with Crippen LogP contribution in [0.2, 0.25) is 0 Å². The van der Waals surface area contributed by atoms with Gasteiger partial charge in [0.15, 0.2) is 5.69 Å². The lowest BCUT2D eigenvalue weighted by atomic mass is 9.75. The number of halogens is 1. The molecule has 1 saturated heterocycles. The van der Waals surface area contributed by atoms with Crippen LogP contribution in [0.3, 0.4) is 0 Å². The molecule has 0 radical (unpaired) electrons. The smallest absolute Gasteiger partial charge is 0.314 e. The molecule has 0 spiro atoms. The number of carbonyl (C=O) groups is 2. The Morgan fingerprint density at radius 3 is 2.80 bits per heavy atom. The van der Waals surface area contributed by atoms with E-state index in [-0.39, 0.29) is 37.0 Å². The van der Waals surface area contributed by atoms with Gasteiger partial charge in [-0.25, -0.2) is 4.39 Å². The third-order valence-corrected chi connectivity index (χ3v) is 5.45. The van der Waals surface area contributed by atoms with Gasteiger partial charge >= 0.3 is 5.97 Å². The van der Waals surface area contributed by atoms with Crippen molar-refractivity contribution in [2.75, 3.05) is 19.7 Å². The van der Waals surface area contributed by atoms with Crippen molar-refractivity contribution in [2.24, 2.45) is 11.3 Å². The Hall–Kier alpha value is -2.70. The van der Waals surface area contributed by atoms with Crippen LogP contribution in [-0.2, 0) is 22.4 Å². The molecule has 0 bridgehead atoms. The Balaban J connectivity index is 1.84. The van der Waals surface area contributed by atoms with Gasteiger partial charge in [-0.1, -0.05) is 37.2 Å². The molecule has 0 saturated carbocycles. The molecule has 2 heterocycles. The van der Waals surface area contributed by atoms with Gasteiger partial charge in [0.05, 0.1) is 12.0 Å². The number of piperidine rings is 1. The number of ether oxygens (including phenoxy) is 1. The number of benzene rings is 1. The zero-order chi connectivity index (χ0) is 21.7. The second kappa shape index (κ2) is 9.41. The first kappa shape index (κ1) is 22.0. The highest BCUT2D eigenvalue weighted by Crippen LogP contribution is 2.36. The number of rotatable bonds is 7. The lowest BCUT2D eigenvalue weighted by molar-refractivity contribution is -0.158. The summed E-state index contributed by atoms with van der Waals surface area (Å²) >= 11 is 0. The minimum Gasteiger partial charge on any atom is -0.466 e. The van der Waals surface area contributed by atoms with Crippen LogP contribution in [0.1, 0.15) is 55.4 Å². The van der Waals surface area contributed by atoms with Gasteiger partial charge in [-0.05, 0) is 43.7 Å². The Morgan fingerprint density at radius 2 is 2.10 bits per heavy atom. The first-order chi connectivity index (χ1) is 14.3. The molecule has 1 aromatic heterocycles. The number of hydrogen-bond donors (Lipinski definition) is 0. The highest BCUT2D eigenvalue weighted by molar-refractivity contribution is 5.93. The average Bonchev–Trinajstić information content (AvgIpc) is 3.17. The average molecular weight is 416 g/mol. The number of amides is 1. The lowest BCUT2D eigenvalue weighted by Gasteiger charge is -2.40. The monoisotopic (exact) mass is 416 g/mol. The zero-order valence-corrected chi connectivity index (χ0v) is 17.8. The van der Waals surface area contributed by atoms with Gasteiger partial charge < -0.3 is 14.2 Å². The van der Waals surface area contributed by atoms with Crippen LogP contribution >= 0.6 is 0 Å². The maximum Gasteiger partial charge on any atom is 0.314 e. The summed E-state index contributed by atoms with van der Waals surface area (Å²) in [6.07, 6.45) is 2.02. The molecule has 6 nitrogen and oxygen atoms in total. The topological polar surface area (TPSA) is 72.6 Å². The van der Waals surface area contributed by atoms with Crippen LogP contribution in [0.4, 0.5) is 4.39 Å². The quantitative estimate of drug-likeness (QED) is 0.637. The fourth-order valence-corrected chi connectivity index (χ4v) is 4.05. The van der Waals surface area contributed by atoms with Crippen LogP contribution < -0.4 is 0 Å². The van der Waals surface area contributed by atoms with Crippen molar-refractivity contribution in [1.29, 1.82) is 0 Å². The number of esters is 1. The van der Waals surface area contributed by atoms with Gasteiger partial charge in [0.25, 0.3) is 5.91 Å². The van der Waals surface area contributed by atoms with Crippen LogP contribution in [-0.4, -0.2) is 41.6 Å². The Bertz CT molecular complexity index is 895. The van der Waals surface area contributed by atoms with Crippen molar-refractivity contribution in [1.82, 2.24) is 10.1 Å². The third kappa shape index (κ3) is 4.89. The van der Waals surface area contributed by atoms with Crippen LogP contribution in [0.15, 0.2) is 34.9 Å². The molecule has 0 N–H and O–H groups in total. The van der Waals surface area contributed by atoms with E-state index in [0.29, 0.717) is 43.0 Å². The van der Waals surface area contributed by atoms with Gasteiger partial charge in [0, 0.05) is 25.6 Å². The van der Waals surface area contributed by atoms with Crippen molar-refractivity contribution >= 4 is 11.9 Å². The molecule has 1 aromatic carbocycles. The first-order valence-corrected chi connectivity index (χ1v) is 10.5. The van der Waals surface area contributed by atoms with Gasteiger partial charge in [-0.15, -0.1) is 0 Å². The number of nitrogens with zero attached hydrogens (tertiary/aromatic N) is 2. The third-order valence-electron chi connectivity index (χ3n) is 5.45. The summed E-state index contributed by atoms with van der Waals surface area (Å²) in [6, 6.07) is 8.08. The second-order valence-corrected chi connectivity index (χ2v) is 8.38. The van der Waals surface area contributed by atoms with Crippen LogP contribution in [0.25, 0.3) is 0 Å². The van der Waals surface area contributed by atoms with E-state index in [4.69, 9.17) is 9.26 Å². The van der Waals surface area contributed by atoms with Crippen LogP contribution in [0, 0.1) is 17.2 Å². The summed E-state index contributed by atoms with van der Waals surface area (Å²) in [6.45, 7) is 6.75. The summed E-state index contributed by atoms with van der Waals surface area (Å²) in [7, 11) is 0. The molecule has 1 atom stereocenters. The van der Waals surface area contributed by atoms with Crippen molar-refractivity contribution < 1.29 is 23.2 Å². The molecule has 0 aliphatic carbocycles. The maximum absolute atomic E-state index is 14.3. The molecular weight excluding hydrogens is 387 g/mol. The van der Waals surface area contributed by atoms with E-state index in [1.807, 2.05) is 0 Å². The fourth-order valence-electron chi connectivity index (χ4n) is 4.05. The van der Waals surface area contributed by atoms with E-state index in [0.717, 1.165) is 0 Å². The summed E-state index contributed by atoms with van der Waals surface area (Å²) in [5, 5.41) is 3.93. The Morgan fingerprint density at radius 1 is 1.33 bits per heavy atom. The van der Waals surface area contributed by atoms with Gasteiger partial charge in [-0.2, -0.15) is 0 Å². The molecule has 30 heavy (non-hydrogen) atoms. The normalized spacial score (nSPS) is 19.2. The molecule has 3 rings (SSSR count). The van der Waals surface area contributed by atoms with Crippen LogP contribution in [0.5, 0.6) is 0 Å². The van der Waals surface area contributed by atoms with Crippen molar-refractivity contribution in [3.63, 3.8) is 0 Å². The SMILES string of the molecule is CCOC(=O)C1(Cc2ccccc2F)CCCN(C(=O)c2cc(CC(C)C)on2)C1. The zero-order valence-electron chi connectivity index (χ0n) is 17.8. The number of hydrogen-bond acceptors (Lipinski definition) is 5. The summed E-state index contributed by atoms with van der Waals surface area (Å²) < 4.78 is 25.0. The lowest BCUT2D eigenvalue weighted by Crippen LogP contribution is -2.51. The standard InChI is InChI=1S/C23H29FN2O4/c1-4-29-22(28)23(14-17-8-5-6-9-19(17)24)10-7-11-26(15-23)21(27)20-13-18(30-25-20)12-16(2)3/h5-6,8-9,13,16H,4,7,10-12,14-15H2,1-3H3. The summed E-state index contributed by atoms with van der Waals surface area (Å²) in [5.41, 5.74) is -0.312. The molecule has 7 heteroatoms. The van der Waals surface area contributed by atoms with Gasteiger partial charge in [-0.3, -0.25) is 9.59 Å². The number of carbonyl (C=O) groups excluding carboxylic acids is 2. The van der Waals surface area contributed by atoms with Gasteiger partial charge in [0.2, 0.25) is 0 Å². The molecule has 1 aliphatic rings. The Kier molecular flexibility index (Phi) is 6.90. The maximum atomic E-state index is 14.3. The second-order valence-electron chi connectivity index (χ2n) is 8.38. The minimum absolute atomic E-state index is 0.158. The highest BCUT2D eigenvalue weighted by atomic mass is 19.1. The predicted molar refractivity (Wildman–Crippen MR) is 109 cm³/mol. The molecule has 1 fully saturated rings. The summed E-state index contributed by atoms with van der Waals surface area (Å²) in [4.78, 5) is 27.6. The first-order valence-electron chi connectivity index (χ1n) is 10.5. The number of likely N-dealkylation sites (tertiary alicyclic amines) is 1. The molecule has 2 aromatic rings. The van der Waals surface area contributed by atoms with Crippen molar-refractivity contribution in [2.45, 2.75) is 46.5 Å².